The van der Waals surface area contributed by atoms with Crippen molar-refractivity contribution < 1.29 is 0 Å². The Morgan fingerprint density at radius 3 is 2.95 bits per heavy atom. The molecule has 0 radical (unpaired) electrons. The van der Waals surface area contributed by atoms with Crippen LogP contribution in [0.25, 0.3) is 0 Å². The number of aromatic nitrogens is 1. The van der Waals surface area contributed by atoms with Crippen LogP contribution in [0.15, 0.2) is 47.4 Å². The Bertz CT molecular complexity index is 660. The molecule has 1 heterocycles. The molecule has 0 saturated heterocycles. The van der Waals surface area contributed by atoms with E-state index in [-0.39, 0.29) is 5.56 Å². The monoisotopic (exact) mass is 268 g/mol. The predicted octanol–water partition coefficient (Wildman–Crippen LogP) is 3.36. The van der Waals surface area contributed by atoms with Crippen LogP contribution in [0.2, 0.25) is 0 Å². The normalized spacial score (nSPS) is 17.6. The lowest BCUT2D eigenvalue weighted by molar-refractivity contribution is 0.599. The molecule has 3 nitrogen and oxygen atoms in total. The van der Waals surface area contributed by atoms with Gasteiger partial charge in [-0.15, -0.1) is 0 Å². The Hall–Kier alpha value is -2.03. The first-order valence-corrected chi connectivity index (χ1v) is 7.33. The van der Waals surface area contributed by atoms with Crippen LogP contribution in [-0.2, 0) is 13.0 Å². The second kappa shape index (κ2) is 5.53. The average molecular weight is 268 g/mol. The summed E-state index contributed by atoms with van der Waals surface area (Å²) in [6.45, 7) is 2.69. The lowest BCUT2D eigenvalue weighted by atomic mass is 9.87. The molecule has 1 unspecified atom stereocenters. The maximum absolute atomic E-state index is 11.6. The van der Waals surface area contributed by atoms with Crippen molar-refractivity contribution in [2.75, 3.05) is 5.32 Å². The van der Waals surface area contributed by atoms with Gasteiger partial charge >= 0.3 is 0 Å². The fourth-order valence-electron chi connectivity index (χ4n) is 2.97. The third kappa shape index (κ3) is 2.48. The van der Waals surface area contributed by atoms with Gasteiger partial charge in [0.2, 0.25) is 0 Å². The topological polar surface area (TPSA) is 34.0 Å². The van der Waals surface area contributed by atoms with Crippen LogP contribution in [0, 0.1) is 0 Å². The second-order valence-electron chi connectivity index (χ2n) is 5.33. The number of nitrogens with one attached hydrogen (secondary N) is 1. The van der Waals surface area contributed by atoms with Crippen molar-refractivity contribution >= 4 is 5.69 Å². The molecule has 0 amide bonds. The van der Waals surface area contributed by atoms with Crippen LogP contribution in [0.3, 0.4) is 0 Å². The van der Waals surface area contributed by atoms with Gasteiger partial charge in [0.1, 0.15) is 0 Å². The van der Waals surface area contributed by atoms with Crippen molar-refractivity contribution in [1.29, 1.82) is 0 Å². The number of fused-ring (bicyclic) bond motifs is 1. The smallest absolute Gasteiger partial charge is 0.250 e. The molecule has 1 aliphatic carbocycles. The lowest BCUT2D eigenvalue weighted by Crippen LogP contribution is -2.21. The van der Waals surface area contributed by atoms with Crippen LogP contribution in [-0.4, -0.2) is 4.57 Å². The lowest BCUT2D eigenvalue weighted by Gasteiger charge is -2.27. The van der Waals surface area contributed by atoms with Gasteiger partial charge in [-0.2, -0.15) is 0 Å². The van der Waals surface area contributed by atoms with E-state index in [0.29, 0.717) is 12.6 Å². The number of rotatable bonds is 3. The number of hydrogen-bond donors (Lipinski definition) is 1. The van der Waals surface area contributed by atoms with E-state index in [1.54, 1.807) is 10.6 Å². The van der Waals surface area contributed by atoms with Crippen molar-refractivity contribution in [2.24, 2.45) is 0 Å². The van der Waals surface area contributed by atoms with Gasteiger partial charge < -0.3 is 9.88 Å². The molecule has 2 aromatic rings. The number of hydrogen-bond acceptors (Lipinski definition) is 2. The van der Waals surface area contributed by atoms with E-state index < -0.39 is 0 Å². The van der Waals surface area contributed by atoms with Crippen LogP contribution in [0.1, 0.15) is 36.9 Å². The van der Waals surface area contributed by atoms with Gasteiger partial charge in [-0.05, 0) is 43.4 Å². The van der Waals surface area contributed by atoms with Gasteiger partial charge in [0.05, 0.1) is 11.7 Å². The third-order valence-electron chi connectivity index (χ3n) is 4.03. The standard InChI is InChI=1S/C17H20N2O/c1-2-19-12-14(10-11-17(19)20)18-16-9-5-7-13-6-3-4-8-15(13)16/h3-4,6,8,10-12,16,18H,2,5,7,9H2,1H3. The minimum Gasteiger partial charge on any atom is -0.377 e. The Morgan fingerprint density at radius 1 is 1.25 bits per heavy atom. The highest BCUT2D eigenvalue weighted by atomic mass is 16.1. The molecule has 1 aliphatic rings. The predicted molar refractivity (Wildman–Crippen MR) is 82.1 cm³/mol. The first-order valence-electron chi connectivity index (χ1n) is 7.33. The summed E-state index contributed by atoms with van der Waals surface area (Å²) < 4.78 is 1.73. The molecule has 104 valence electrons. The van der Waals surface area contributed by atoms with Gasteiger partial charge in [-0.3, -0.25) is 4.79 Å². The summed E-state index contributed by atoms with van der Waals surface area (Å²) in [6.07, 6.45) is 5.44. The van der Waals surface area contributed by atoms with Crippen molar-refractivity contribution in [3.8, 4) is 0 Å². The van der Waals surface area contributed by atoms with E-state index >= 15 is 0 Å². The number of nitrogens with zero attached hydrogens (tertiary/aromatic N) is 1. The van der Waals surface area contributed by atoms with Crippen LogP contribution < -0.4 is 10.9 Å². The minimum atomic E-state index is 0.0575. The van der Waals surface area contributed by atoms with E-state index in [2.05, 4.69) is 29.6 Å². The molecule has 0 bridgehead atoms. The number of anilines is 1. The third-order valence-corrected chi connectivity index (χ3v) is 4.03. The van der Waals surface area contributed by atoms with Crippen molar-refractivity contribution in [3.05, 3.63) is 64.1 Å². The summed E-state index contributed by atoms with van der Waals surface area (Å²) >= 11 is 0. The molecule has 1 atom stereocenters. The van der Waals surface area contributed by atoms with Gasteiger partial charge in [-0.1, -0.05) is 24.3 Å². The fourth-order valence-corrected chi connectivity index (χ4v) is 2.97. The molecule has 20 heavy (non-hydrogen) atoms. The molecule has 0 aliphatic heterocycles. The summed E-state index contributed by atoms with van der Waals surface area (Å²) in [5.74, 6) is 0. The summed E-state index contributed by atoms with van der Waals surface area (Å²) in [7, 11) is 0. The minimum absolute atomic E-state index is 0.0575. The number of aryl methyl sites for hydroxylation is 2. The molecular formula is C17H20N2O. The first kappa shape index (κ1) is 13.0. The molecule has 1 N–H and O–H groups in total. The molecule has 3 rings (SSSR count). The van der Waals surface area contributed by atoms with Crippen LogP contribution >= 0.6 is 0 Å². The summed E-state index contributed by atoms with van der Waals surface area (Å²) in [4.78, 5) is 11.6. The zero-order chi connectivity index (χ0) is 13.9. The molecule has 1 aromatic heterocycles. The molecular weight excluding hydrogens is 248 g/mol. The maximum atomic E-state index is 11.6. The zero-order valence-electron chi connectivity index (χ0n) is 11.8. The number of pyridine rings is 1. The molecule has 0 spiro atoms. The van der Waals surface area contributed by atoms with Gasteiger partial charge in [-0.25, -0.2) is 0 Å². The summed E-state index contributed by atoms with van der Waals surface area (Å²) in [5, 5.41) is 3.58. The molecule has 3 heteroatoms. The fraction of sp³-hybridized carbons (Fsp3) is 0.353. The quantitative estimate of drug-likeness (QED) is 0.926. The van der Waals surface area contributed by atoms with E-state index in [9.17, 15) is 4.79 Å². The second-order valence-corrected chi connectivity index (χ2v) is 5.33. The summed E-state index contributed by atoms with van der Waals surface area (Å²) in [5.41, 5.74) is 3.92. The highest BCUT2D eigenvalue weighted by molar-refractivity contribution is 5.45. The van der Waals surface area contributed by atoms with Crippen LogP contribution in [0.4, 0.5) is 5.69 Å². The van der Waals surface area contributed by atoms with E-state index in [1.165, 1.54) is 24.0 Å². The van der Waals surface area contributed by atoms with Gasteiger partial charge in [0.15, 0.2) is 0 Å². The average Bonchev–Trinajstić information content (AvgIpc) is 2.49. The molecule has 1 aromatic carbocycles. The maximum Gasteiger partial charge on any atom is 0.250 e. The van der Waals surface area contributed by atoms with Crippen molar-refractivity contribution in [1.82, 2.24) is 4.57 Å². The van der Waals surface area contributed by atoms with E-state index in [1.807, 2.05) is 19.2 Å². The SMILES string of the molecule is CCn1cc(NC2CCCc3ccccc32)ccc1=O. The van der Waals surface area contributed by atoms with Crippen molar-refractivity contribution in [3.63, 3.8) is 0 Å². The largest absolute Gasteiger partial charge is 0.377 e. The Balaban J connectivity index is 1.87. The van der Waals surface area contributed by atoms with E-state index in [4.69, 9.17) is 0 Å². The zero-order valence-corrected chi connectivity index (χ0v) is 11.8. The number of benzene rings is 1. The Kier molecular flexibility index (Phi) is 3.59. The first-order chi connectivity index (χ1) is 9.78. The van der Waals surface area contributed by atoms with Crippen LogP contribution in [0.5, 0.6) is 0 Å². The van der Waals surface area contributed by atoms with E-state index in [0.717, 1.165) is 12.1 Å². The Morgan fingerprint density at radius 2 is 2.10 bits per heavy atom. The molecule has 0 saturated carbocycles. The highest BCUT2D eigenvalue weighted by Gasteiger charge is 2.19. The van der Waals surface area contributed by atoms with Crippen molar-refractivity contribution in [2.45, 2.75) is 38.8 Å². The van der Waals surface area contributed by atoms with Gasteiger partial charge in [0, 0.05) is 18.8 Å². The van der Waals surface area contributed by atoms with Gasteiger partial charge in [0.25, 0.3) is 5.56 Å². The Labute approximate surface area is 119 Å². The summed E-state index contributed by atoms with van der Waals surface area (Å²) in [6, 6.07) is 12.5. The highest BCUT2D eigenvalue weighted by Crippen LogP contribution is 2.32. The molecule has 0 fully saturated rings.